The second-order valence-corrected chi connectivity index (χ2v) is 20.8. The van der Waals surface area contributed by atoms with E-state index in [1.807, 2.05) is 0 Å². The Morgan fingerprint density at radius 2 is 1.25 bits per heavy atom. The number of imide groups is 1. The Hall–Kier alpha value is -2.14. The zero-order valence-corrected chi connectivity index (χ0v) is 23.0. The van der Waals surface area contributed by atoms with Gasteiger partial charge < -0.3 is 13.7 Å². The topological polar surface area (TPSA) is 82.1 Å². The number of benzene rings is 1. The minimum absolute atomic E-state index is 0.0185. The van der Waals surface area contributed by atoms with E-state index in [2.05, 4.69) is 67.7 Å². The van der Waals surface area contributed by atoms with Crippen LogP contribution in [0.3, 0.4) is 0 Å². The van der Waals surface area contributed by atoms with Crippen molar-refractivity contribution in [3.05, 3.63) is 23.8 Å². The molecule has 0 atom stereocenters. The summed E-state index contributed by atoms with van der Waals surface area (Å²) in [4.78, 5) is 41.4. The smallest absolute Gasteiger partial charge is 0.364 e. The molecule has 0 aliphatic carbocycles. The van der Waals surface area contributed by atoms with E-state index >= 15 is 0 Å². The van der Waals surface area contributed by atoms with Crippen molar-refractivity contribution in [1.29, 1.82) is 0 Å². The first-order valence-electron chi connectivity index (χ1n) is 11.0. The monoisotopic (exact) mass is 479 g/mol. The lowest BCUT2D eigenvalue weighted by molar-refractivity contribution is -0.172. The van der Waals surface area contributed by atoms with Crippen molar-refractivity contribution in [2.45, 2.75) is 90.6 Å². The zero-order valence-electron chi connectivity index (χ0n) is 21.0. The largest absolute Gasteiger partial charge is 0.541 e. The van der Waals surface area contributed by atoms with Gasteiger partial charge in [0, 0.05) is 12.8 Å². The SMILES string of the molecule is CC(C)(C)[Si](C)(C)Oc1ccc(C(=O)ON2C(=O)CCC2=O)cc1O[Si](C)(C)C(C)(C)C. The molecule has 0 radical (unpaired) electrons. The van der Waals surface area contributed by atoms with Gasteiger partial charge in [0.15, 0.2) is 0 Å². The highest BCUT2D eigenvalue weighted by Gasteiger charge is 2.42. The number of hydrogen-bond acceptors (Lipinski definition) is 6. The maximum absolute atomic E-state index is 12.7. The average molecular weight is 480 g/mol. The Balaban J connectivity index is 2.44. The van der Waals surface area contributed by atoms with Gasteiger partial charge in [-0.05, 0) is 54.5 Å². The maximum atomic E-state index is 12.7. The molecule has 0 aromatic heterocycles. The fraction of sp³-hybridized carbons (Fsp3) is 0.609. The number of carbonyl (C=O) groups is 3. The molecule has 32 heavy (non-hydrogen) atoms. The fourth-order valence-electron chi connectivity index (χ4n) is 2.45. The number of hydrogen-bond donors (Lipinski definition) is 0. The Morgan fingerprint density at radius 3 is 1.69 bits per heavy atom. The van der Waals surface area contributed by atoms with Crippen LogP contribution in [0.15, 0.2) is 18.2 Å². The van der Waals surface area contributed by atoms with E-state index in [4.69, 9.17) is 13.7 Å². The molecule has 1 aromatic carbocycles. The Kier molecular flexibility index (Phi) is 7.07. The molecule has 0 unspecified atom stereocenters. The second kappa shape index (κ2) is 8.66. The van der Waals surface area contributed by atoms with Crippen LogP contribution < -0.4 is 8.85 Å². The van der Waals surface area contributed by atoms with Crippen molar-refractivity contribution in [1.82, 2.24) is 5.06 Å². The van der Waals surface area contributed by atoms with Gasteiger partial charge in [0.25, 0.3) is 28.4 Å². The maximum Gasteiger partial charge on any atom is 0.364 e. The van der Waals surface area contributed by atoms with Gasteiger partial charge in [0.05, 0.1) is 5.56 Å². The molecule has 7 nitrogen and oxygen atoms in total. The van der Waals surface area contributed by atoms with Crippen LogP contribution in [-0.2, 0) is 14.4 Å². The van der Waals surface area contributed by atoms with E-state index < -0.39 is 34.4 Å². The first-order chi connectivity index (χ1) is 14.4. The van der Waals surface area contributed by atoms with E-state index in [0.717, 1.165) is 0 Å². The molecule has 9 heteroatoms. The van der Waals surface area contributed by atoms with Crippen LogP contribution in [0.1, 0.15) is 64.7 Å². The predicted octanol–water partition coefficient (Wildman–Crippen LogP) is 5.68. The van der Waals surface area contributed by atoms with Crippen LogP contribution in [0.5, 0.6) is 11.5 Å². The summed E-state index contributed by atoms with van der Waals surface area (Å²) >= 11 is 0. The van der Waals surface area contributed by atoms with Crippen LogP contribution >= 0.6 is 0 Å². The Morgan fingerprint density at radius 1 is 0.812 bits per heavy atom. The van der Waals surface area contributed by atoms with Gasteiger partial charge >= 0.3 is 5.97 Å². The van der Waals surface area contributed by atoms with E-state index in [1.54, 1.807) is 18.2 Å². The van der Waals surface area contributed by atoms with Crippen molar-refractivity contribution in [3.8, 4) is 11.5 Å². The van der Waals surface area contributed by atoms with E-state index in [0.29, 0.717) is 16.6 Å². The summed E-state index contributed by atoms with van der Waals surface area (Å²) in [6.45, 7) is 21.4. The molecule has 1 aliphatic rings. The second-order valence-electron chi connectivity index (χ2n) is 11.3. The molecule has 0 saturated carbocycles. The molecule has 2 amide bonds. The summed E-state index contributed by atoms with van der Waals surface area (Å²) < 4.78 is 13.1. The predicted molar refractivity (Wildman–Crippen MR) is 129 cm³/mol. The van der Waals surface area contributed by atoms with E-state index in [9.17, 15) is 14.4 Å². The van der Waals surface area contributed by atoms with Gasteiger partial charge in [0.2, 0.25) is 0 Å². The molecule has 1 heterocycles. The number of hydroxylamine groups is 2. The standard InChI is InChI=1S/C23H37NO6Si2/c1-22(2,3)31(7,8)29-17-12-11-16(15-18(17)30-32(9,10)23(4,5)6)21(27)28-24-19(25)13-14-20(24)26/h11-12,15H,13-14H2,1-10H3. The third-order valence-corrected chi connectivity index (χ3v) is 15.4. The van der Waals surface area contributed by atoms with Gasteiger partial charge in [0.1, 0.15) is 11.5 Å². The first kappa shape index (κ1) is 26.1. The van der Waals surface area contributed by atoms with Gasteiger partial charge in [-0.3, -0.25) is 9.59 Å². The van der Waals surface area contributed by atoms with E-state index in [-0.39, 0.29) is 28.5 Å². The van der Waals surface area contributed by atoms with Crippen LogP contribution in [0.25, 0.3) is 0 Å². The van der Waals surface area contributed by atoms with Gasteiger partial charge in [-0.2, -0.15) is 0 Å². The summed E-state index contributed by atoms with van der Waals surface area (Å²) in [7, 11) is -4.42. The molecule has 1 saturated heterocycles. The van der Waals surface area contributed by atoms with Crippen LogP contribution in [-0.4, -0.2) is 39.5 Å². The lowest BCUT2D eigenvalue weighted by Crippen LogP contribution is -2.45. The molecule has 1 aromatic rings. The highest BCUT2D eigenvalue weighted by molar-refractivity contribution is 6.75. The highest BCUT2D eigenvalue weighted by atomic mass is 28.4. The van der Waals surface area contributed by atoms with Gasteiger partial charge in [-0.25, -0.2) is 4.79 Å². The molecule has 0 N–H and O–H groups in total. The fourth-order valence-corrected chi connectivity index (χ4v) is 4.49. The highest BCUT2D eigenvalue weighted by Crippen LogP contribution is 2.43. The Bertz CT molecular complexity index is 896. The third kappa shape index (κ3) is 5.61. The van der Waals surface area contributed by atoms with Crippen LogP contribution in [0.2, 0.25) is 36.3 Å². The van der Waals surface area contributed by atoms with Gasteiger partial charge in [-0.15, -0.1) is 5.06 Å². The van der Waals surface area contributed by atoms with Crippen LogP contribution in [0, 0.1) is 0 Å². The molecular weight excluding hydrogens is 442 g/mol. The quantitative estimate of drug-likeness (QED) is 0.386. The summed E-state index contributed by atoms with van der Waals surface area (Å²) in [5.74, 6) is -0.744. The molecule has 2 rings (SSSR count). The Labute approximate surface area is 193 Å². The minimum atomic E-state index is -2.25. The van der Waals surface area contributed by atoms with Crippen LogP contribution in [0.4, 0.5) is 0 Å². The molecule has 178 valence electrons. The van der Waals surface area contributed by atoms with Crippen molar-refractivity contribution >= 4 is 34.4 Å². The summed E-state index contributed by atoms with van der Waals surface area (Å²) in [5.41, 5.74) is 0.189. The molecule has 0 spiro atoms. The molecule has 0 bridgehead atoms. The van der Waals surface area contributed by atoms with Gasteiger partial charge in [-0.1, -0.05) is 41.5 Å². The third-order valence-electron chi connectivity index (χ3n) is 6.70. The van der Waals surface area contributed by atoms with E-state index in [1.165, 1.54) is 0 Å². The number of nitrogens with zero attached hydrogens (tertiary/aromatic N) is 1. The number of rotatable bonds is 6. The lowest BCUT2D eigenvalue weighted by atomic mass is 10.2. The molecule has 1 fully saturated rings. The van der Waals surface area contributed by atoms with Crippen molar-refractivity contribution in [3.63, 3.8) is 0 Å². The first-order valence-corrected chi connectivity index (χ1v) is 16.8. The number of amides is 2. The van der Waals surface area contributed by atoms with Crippen molar-refractivity contribution < 1.29 is 28.1 Å². The average Bonchev–Trinajstić information content (AvgIpc) is 2.92. The summed E-state index contributed by atoms with van der Waals surface area (Å²) in [5, 5.41) is 0.470. The number of carbonyl (C=O) groups excluding carboxylic acids is 3. The molecule has 1 aliphatic heterocycles. The summed E-state index contributed by atoms with van der Waals surface area (Å²) in [6, 6.07) is 4.89. The minimum Gasteiger partial charge on any atom is -0.541 e. The normalized spacial score (nSPS) is 15.8. The van der Waals surface area contributed by atoms with Crippen molar-refractivity contribution in [2.24, 2.45) is 0 Å². The zero-order chi connectivity index (χ0) is 24.7. The summed E-state index contributed by atoms with van der Waals surface area (Å²) in [6.07, 6.45) is 0.0935. The lowest BCUT2D eigenvalue weighted by Gasteiger charge is -2.39. The molecular formula is C23H37NO6Si2. The van der Waals surface area contributed by atoms with Crippen molar-refractivity contribution in [2.75, 3.05) is 0 Å².